The summed E-state index contributed by atoms with van der Waals surface area (Å²) in [6, 6.07) is 4.52. The Morgan fingerprint density at radius 1 is 1.41 bits per heavy atom. The third-order valence-electron chi connectivity index (χ3n) is 2.47. The minimum atomic E-state index is -3.04. The average Bonchev–Trinajstić information content (AvgIpc) is 2.21. The summed E-state index contributed by atoms with van der Waals surface area (Å²) in [7, 11) is -3.04. The van der Waals surface area contributed by atoms with E-state index in [1.165, 1.54) is 6.07 Å². The van der Waals surface area contributed by atoms with Gasteiger partial charge in [-0.1, -0.05) is 13.0 Å². The van der Waals surface area contributed by atoms with Crippen LogP contribution in [0, 0.1) is 12.7 Å². The van der Waals surface area contributed by atoms with Crippen LogP contribution < -0.4 is 5.32 Å². The van der Waals surface area contributed by atoms with Crippen molar-refractivity contribution in [1.82, 2.24) is 0 Å². The van der Waals surface area contributed by atoms with Crippen LogP contribution >= 0.6 is 0 Å². The zero-order valence-corrected chi connectivity index (χ0v) is 11.1. The smallest absolute Gasteiger partial charge is 0.152 e. The van der Waals surface area contributed by atoms with E-state index < -0.39 is 9.84 Å². The molecule has 1 unspecified atom stereocenters. The molecule has 0 aliphatic heterocycles. The van der Waals surface area contributed by atoms with Crippen LogP contribution in [0.15, 0.2) is 18.2 Å². The molecule has 0 radical (unpaired) electrons. The standard InChI is InChI=1S/C12H18FNO2S/c1-4-17(15,16)8-10(3)14-12-6-5-9(2)7-11(12)13/h5-7,10,14H,4,8H2,1-3H3. The van der Waals surface area contributed by atoms with Crippen LogP contribution in [0.4, 0.5) is 10.1 Å². The number of hydrogen-bond acceptors (Lipinski definition) is 3. The van der Waals surface area contributed by atoms with Gasteiger partial charge in [-0.15, -0.1) is 0 Å². The highest BCUT2D eigenvalue weighted by molar-refractivity contribution is 7.91. The van der Waals surface area contributed by atoms with Gasteiger partial charge in [-0.05, 0) is 31.5 Å². The predicted octanol–water partition coefficient (Wildman–Crippen LogP) is 2.37. The van der Waals surface area contributed by atoms with Crippen molar-refractivity contribution < 1.29 is 12.8 Å². The van der Waals surface area contributed by atoms with Crippen LogP contribution in [-0.4, -0.2) is 26.0 Å². The first-order valence-corrected chi connectivity index (χ1v) is 7.39. The SMILES string of the molecule is CCS(=O)(=O)CC(C)Nc1ccc(C)cc1F. The van der Waals surface area contributed by atoms with Crippen LogP contribution in [0.5, 0.6) is 0 Å². The van der Waals surface area contributed by atoms with E-state index >= 15 is 0 Å². The second kappa shape index (κ2) is 5.49. The molecule has 0 aliphatic rings. The molecule has 1 aromatic carbocycles. The first kappa shape index (κ1) is 14.0. The van der Waals surface area contributed by atoms with Crippen molar-refractivity contribution in [1.29, 1.82) is 0 Å². The summed E-state index contributed by atoms with van der Waals surface area (Å²) < 4.78 is 36.3. The third kappa shape index (κ3) is 4.34. The van der Waals surface area contributed by atoms with Gasteiger partial charge in [-0.2, -0.15) is 0 Å². The van der Waals surface area contributed by atoms with Gasteiger partial charge in [0.05, 0.1) is 11.4 Å². The molecule has 0 heterocycles. The Labute approximate surface area is 102 Å². The highest BCUT2D eigenvalue weighted by Gasteiger charge is 2.14. The largest absolute Gasteiger partial charge is 0.379 e. The second-order valence-electron chi connectivity index (χ2n) is 4.23. The number of hydrogen-bond donors (Lipinski definition) is 1. The summed E-state index contributed by atoms with van der Waals surface area (Å²) in [4.78, 5) is 0. The van der Waals surface area contributed by atoms with Gasteiger partial charge >= 0.3 is 0 Å². The monoisotopic (exact) mass is 259 g/mol. The number of sulfone groups is 1. The summed E-state index contributed by atoms with van der Waals surface area (Å²) in [5, 5.41) is 2.87. The third-order valence-corrected chi connectivity index (χ3v) is 4.36. The lowest BCUT2D eigenvalue weighted by atomic mass is 10.2. The van der Waals surface area contributed by atoms with E-state index in [0.29, 0.717) is 5.69 Å². The fourth-order valence-electron chi connectivity index (χ4n) is 1.54. The van der Waals surface area contributed by atoms with Gasteiger partial charge < -0.3 is 5.32 Å². The number of halogens is 1. The first-order valence-electron chi connectivity index (χ1n) is 5.57. The van der Waals surface area contributed by atoms with Crippen molar-refractivity contribution in [2.45, 2.75) is 26.8 Å². The molecule has 0 bridgehead atoms. The number of rotatable bonds is 5. The molecule has 3 nitrogen and oxygen atoms in total. The van der Waals surface area contributed by atoms with Gasteiger partial charge in [0.2, 0.25) is 0 Å². The van der Waals surface area contributed by atoms with Crippen LogP contribution in [0.3, 0.4) is 0 Å². The zero-order chi connectivity index (χ0) is 13.1. The molecular formula is C12H18FNO2S. The minimum absolute atomic E-state index is 0.0107. The Bertz CT molecular complexity index is 485. The maximum Gasteiger partial charge on any atom is 0.152 e. The van der Waals surface area contributed by atoms with Crippen molar-refractivity contribution in [3.8, 4) is 0 Å². The number of anilines is 1. The van der Waals surface area contributed by atoms with Gasteiger partial charge in [-0.3, -0.25) is 0 Å². The van der Waals surface area contributed by atoms with E-state index in [-0.39, 0.29) is 23.4 Å². The molecule has 0 saturated heterocycles. The Hall–Kier alpha value is -1.10. The molecule has 1 aromatic rings. The van der Waals surface area contributed by atoms with Crippen molar-refractivity contribution in [2.75, 3.05) is 16.8 Å². The molecular weight excluding hydrogens is 241 g/mol. The number of benzene rings is 1. The lowest BCUT2D eigenvalue weighted by molar-refractivity contribution is 0.592. The van der Waals surface area contributed by atoms with Gasteiger partial charge in [0.15, 0.2) is 9.84 Å². The highest BCUT2D eigenvalue weighted by atomic mass is 32.2. The lowest BCUT2D eigenvalue weighted by Gasteiger charge is -2.15. The normalized spacial score (nSPS) is 13.4. The topological polar surface area (TPSA) is 46.2 Å². The Kier molecular flexibility index (Phi) is 4.51. The lowest BCUT2D eigenvalue weighted by Crippen LogP contribution is -2.27. The van der Waals surface area contributed by atoms with E-state index in [9.17, 15) is 12.8 Å². The Balaban J connectivity index is 2.72. The van der Waals surface area contributed by atoms with Crippen LogP contribution in [0.25, 0.3) is 0 Å². The fourth-order valence-corrected chi connectivity index (χ4v) is 2.62. The van der Waals surface area contributed by atoms with Crippen molar-refractivity contribution in [2.24, 2.45) is 0 Å². The first-order chi connectivity index (χ1) is 7.84. The van der Waals surface area contributed by atoms with E-state index in [0.717, 1.165) is 5.56 Å². The van der Waals surface area contributed by atoms with E-state index in [1.54, 1.807) is 32.9 Å². The van der Waals surface area contributed by atoms with Gasteiger partial charge in [-0.25, -0.2) is 12.8 Å². The second-order valence-corrected chi connectivity index (χ2v) is 6.63. The summed E-state index contributed by atoms with van der Waals surface area (Å²) in [6.07, 6.45) is 0. The highest BCUT2D eigenvalue weighted by Crippen LogP contribution is 2.16. The maximum atomic E-state index is 13.5. The van der Waals surface area contributed by atoms with E-state index in [4.69, 9.17) is 0 Å². The van der Waals surface area contributed by atoms with Crippen LogP contribution in [0.1, 0.15) is 19.4 Å². The predicted molar refractivity (Wildman–Crippen MR) is 68.5 cm³/mol. The number of nitrogens with one attached hydrogen (secondary N) is 1. The minimum Gasteiger partial charge on any atom is -0.379 e. The molecule has 1 N–H and O–H groups in total. The Morgan fingerprint density at radius 2 is 2.06 bits per heavy atom. The molecule has 0 amide bonds. The van der Waals surface area contributed by atoms with Gasteiger partial charge in [0.1, 0.15) is 5.82 Å². The molecule has 17 heavy (non-hydrogen) atoms. The van der Waals surface area contributed by atoms with Crippen molar-refractivity contribution in [3.05, 3.63) is 29.6 Å². The van der Waals surface area contributed by atoms with Gasteiger partial charge in [0, 0.05) is 11.8 Å². The van der Waals surface area contributed by atoms with Crippen LogP contribution in [-0.2, 0) is 9.84 Å². The van der Waals surface area contributed by atoms with Crippen LogP contribution in [0.2, 0.25) is 0 Å². The molecule has 96 valence electrons. The Morgan fingerprint density at radius 3 is 2.59 bits per heavy atom. The molecule has 0 fully saturated rings. The molecule has 0 spiro atoms. The molecule has 1 rings (SSSR count). The summed E-state index contributed by atoms with van der Waals surface area (Å²) in [5.41, 5.74) is 1.18. The molecule has 5 heteroatoms. The van der Waals surface area contributed by atoms with Crippen molar-refractivity contribution >= 4 is 15.5 Å². The summed E-state index contributed by atoms with van der Waals surface area (Å²) >= 11 is 0. The molecule has 0 aliphatic carbocycles. The quantitative estimate of drug-likeness (QED) is 0.883. The summed E-state index contributed by atoms with van der Waals surface area (Å²) in [6.45, 7) is 5.14. The van der Waals surface area contributed by atoms with Crippen molar-refractivity contribution in [3.63, 3.8) is 0 Å². The van der Waals surface area contributed by atoms with E-state index in [1.807, 2.05) is 0 Å². The molecule has 0 aromatic heterocycles. The fraction of sp³-hybridized carbons (Fsp3) is 0.500. The summed E-state index contributed by atoms with van der Waals surface area (Å²) in [5.74, 6) is -0.239. The maximum absolute atomic E-state index is 13.5. The number of aryl methyl sites for hydroxylation is 1. The zero-order valence-electron chi connectivity index (χ0n) is 10.3. The van der Waals surface area contributed by atoms with Gasteiger partial charge in [0.25, 0.3) is 0 Å². The molecule has 1 atom stereocenters. The molecule has 0 saturated carbocycles. The average molecular weight is 259 g/mol. The van der Waals surface area contributed by atoms with E-state index in [2.05, 4.69) is 5.32 Å².